The number of nitrogens with zero attached hydrogens (tertiary/aromatic N) is 2. The van der Waals surface area contributed by atoms with Crippen LogP contribution in [0.15, 0.2) is 120 Å². The second-order valence-electron chi connectivity index (χ2n) is 7.01. The zero-order valence-corrected chi connectivity index (χ0v) is 16.6. The Morgan fingerprint density at radius 2 is 1.14 bits per heavy atom. The van der Waals surface area contributed by atoms with Crippen molar-refractivity contribution in [2.75, 3.05) is 5.01 Å². The van der Waals surface area contributed by atoms with Gasteiger partial charge in [0.15, 0.2) is 0 Å². The number of hydrazone groups is 1. The zero-order chi connectivity index (χ0) is 19.9. The van der Waals surface area contributed by atoms with E-state index in [-0.39, 0.29) is 0 Å². The summed E-state index contributed by atoms with van der Waals surface area (Å²) in [6, 6.07) is 39.8. The van der Waals surface area contributed by atoms with Gasteiger partial charge in [-0.15, -0.1) is 0 Å². The Morgan fingerprint density at radius 1 is 0.621 bits per heavy atom. The predicted molar refractivity (Wildman–Crippen MR) is 123 cm³/mol. The first kappa shape index (κ1) is 18.7. The van der Waals surface area contributed by atoms with Crippen molar-refractivity contribution in [3.8, 4) is 11.1 Å². The highest BCUT2D eigenvalue weighted by atomic mass is 15.5. The molecule has 2 nitrogen and oxygen atoms in total. The summed E-state index contributed by atoms with van der Waals surface area (Å²) < 4.78 is 0. The maximum absolute atomic E-state index is 4.96. The van der Waals surface area contributed by atoms with Gasteiger partial charge in [-0.25, -0.2) is 0 Å². The lowest BCUT2D eigenvalue weighted by Gasteiger charge is -2.21. The highest BCUT2D eigenvalue weighted by molar-refractivity contribution is 5.99. The average Bonchev–Trinajstić information content (AvgIpc) is 2.80. The fourth-order valence-corrected chi connectivity index (χ4v) is 3.31. The van der Waals surface area contributed by atoms with Crippen molar-refractivity contribution in [3.63, 3.8) is 0 Å². The second kappa shape index (κ2) is 9.03. The molecule has 29 heavy (non-hydrogen) atoms. The summed E-state index contributed by atoms with van der Waals surface area (Å²) in [5.41, 5.74) is 6.86. The molecular formula is C27H24N2. The highest BCUT2D eigenvalue weighted by Gasteiger charge is 2.08. The van der Waals surface area contributed by atoms with Crippen molar-refractivity contribution in [2.45, 2.75) is 13.5 Å². The van der Waals surface area contributed by atoms with Gasteiger partial charge in [0.25, 0.3) is 0 Å². The molecule has 0 aliphatic heterocycles. The van der Waals surface area contributed by atoms with E-state index >= 15 is 0 Å². The van der Waals surface area contributed by atoms with Crippen LogP contribution in [0.3, 0.4) is 0 Å². The molecule has 0 bridgehead atoms. The summed E-state index contributed by atoms with van der Waals surface area (Å²) in [5, 5.41) is 7.03. The number of hydrogen-bond acceptors (Lipinski definition) is 2. The van der Waals surface area contributed by atoms with Crippen molar-refractivity contribution < 1.29 is 0 Å². The monoisotopic (exact) mass is 376 g/mol. The minimum Gasteiger partial charge on any atom is -0.261 e. The zero-order valence-electron chi connectivity index (χ0n) is 16.6. The van der Waals surface area contributed by atoms with Gasteiger partial charge in [0.2, 0.25) is 0 Å². The van der Waals surface area contributed by atoms with E-state index in [2.05, 4.69) is 96.9 Å². The first-order chi connectivity index (χ1) is 14.3. The molecule has 4 rings (SSSR count). The van der Waals surface area contributed by atoms with Crippen molar-refractivity contribution in [3.05, 3.63) is 126 Å². The van der Waals surface area contributed by atoms with E-state index in [1.165, 1.54) is 16.7 Å². The Hall–Kier alpha value is -3.65. The van der Waals surface area contributed by atoms with Crippen LogP contribution >= 0.6 is 0 Å². The van der Waals surface area contributed by atoms with E-state index in [0.717, 1.165) is 23.5 Å². The molecule has 0 unspecified atom stereocenters. The Labute approximate surface area is 172 Å². The first-order valence-electron chi connectivity index (χ1n) is 9.87. The third kappa shape index (κ3) is 4.80. The molecule has 4 aromatic carbocycles. The second-order valence-corrected chi connectivity index (χ2v) is 7.01. The number of benzene rings is 4. The molecule has 0 aliphatic rings. The quantitative estimate of drug-likeness (QED) is 0.267. The summed E-state index contributed by atoms with van der Waals surface area (Å²) in [7, 11) is 0. The van der Waals surface area contributed by atoms with Crippen LogP contribution in [0.4, 0.5) is 5.69 Å². The molecule has 142 valence electrons. The number of rotatable bonds is 6. The normalized spacial score (nSPS) is 11.3. The van der Waals surface area contributed by atoms with Crippen LogP contribution in [0.1, 0.15) is 18.1 Å². The summed E-state index contributed by atoms with van der Waals surface area (Å²) in [6.07, 6.45) is 0. The van der Waals surface area contributed by atoms with Crippen molar-refractivity contribution in [1.82, 2.24) is 0 Å². The van der Waals surface area contributed by atoms with Gasteiger partial charge in [-0.3, -0.25) is 5.01 Å². The molecule has 0 saturated carbocycles. The van der Waals surface area contributed by atoms with E-state index in [1.54, 1.807) is 0 Å². The van der Waals surface area contributed by atoms with Gasteiger partial charge in [-0.05, 0) is 41.3 Å². The summed E-state index contributed by atoms with van der Waals surface area (Å²) in [5.74, 6) is 0. The lowest BCUT2D eigenvalue weighted by atomic mass is 10.0. The van der Waals surface area contributed by atoms with E-state index in [4.69, 9.17) is 5.10 Å². The first-order valence-corrected chi connectivity index (χ1v) is 9.87. The smallest absolute Gasteiger partial charge is 0.0666 e. The molecule has 4 aromatic rings. The fraction of sp³-hybridized carbons (Fsp3) is 0.0741. The molecule has 0 aliphatic carbocycles. The molecule has 0 heterocycles. The molecular weight excluding hydrogens is 352 g/mol. The van der Waals surface area contributed by atoms with Crippen LogP contribution in [0.25, 0.3) is 11.1 Å². The van der Waals surface area contributed by atoms with Gasteiger partial charge in [-0.2, -0.15) is 5.10 Å². The maximum Gasteiger partial charge on any atom is 0.0666 e. The van der Waals surface area contributed by atoms with Gasteiger partial charge < -0.3 is 0 Å². The molecule has 0 spiro atoms. The third-order valence-electron chi connectivity index (χ3n) is 4.91. The minimum absolute atomic E-state index is 0.726. The summed E-state index contributed by atoms with van der Waals surface area (Å²) >= 11 is 0. The number of anilines is 1. The molecule has 2 heteroatoms. The van der Waals surface area contributed by atoms with Crippen LogP contribution < -0.4 is 5.01 Å². The topological polar surface area (TPSA) is 15.6 Å². The Bertz CT molecular complexity index is 1050. The highest BCUT2D eigenvalue weighted by Crippen LogP contribution is 2.21. The largest absolute Gasteiger partial charge is 0.261 e. The van der Waals surface area contributed by atoms with E-state index in [0.29, 0.717) is 0 Å². The van der Waals surface area contributed by atoms with Crippen LogP contribution in [-0.4, -0.2) is 5.71 Å². The van der Waals surface area contributed by atoms with Crippen LogP contribution in [0, 0.1) is 0 Å². The van der Waals surface area contributed by atoms with Gasteiger partial charge in [-0.1, -0.05) is 103 Å². The summed E-state index contributed by atoms with van der Waals surface area (Å²) in [6.45, 7) is 2.79. The van der Waals surface area contributed by atoms with Gasteiger partial charge in [0.1, 0.15) is 0 Å². The molecule has 0 N–H and O–H groups in total. The Morgan fingerprint density at radius 3 is 1.76 bits per heavy atom. The lowest BCUT2D eigenvalue weighted by Crippen LogP contribution is -2.18. The lowest BCUT2D eigenvalue weighted by molar-refractivity contribution is 0.854. The van der Waals surface area contributed by atoms with Gasteiger partial charge in [0.05, 0.1) is 17.9 Å². The fourth-order valence-electron chi connectivity index (χ4n) is 3.31. The number of para-hydroxylation sites is 1. The third-order valence-corrected chi connectivity index (χ3v) is 4.91. The van der Waals surface area contributed by atoms with E-state index in [1.807, 2.05) is 30.3 Å². The number of hydrogen-bond donors (Lipinski definition) is 0. The van der Waals surface area contributed by atoms with Crippen LogP contribution in [0.2, 0.25) is 0 Å². The molecule has 0 fully saturated rings. The molecule has 0 aromatic heterocycles. The average molecular weight is 377 g/mol. The SMILES string of the molecule is C/C(=N/N(Cc1ccccc1)c1ccccc1)c1ccc(-c2ccccc2)cc1. The maximum atomic E-state index is 4.96. The molecule has 0 radical (unpaired) electrons. The Kier molecular flexibility index (Phi) is 5.82. The molecule has 0 amide bonds. The van der Waals surface area contributed by atoms with E-state index in [9.17, 15) is 0 Å². The van der Waals surface area contributed by atoms with Crippen molar-refractivity contribution >= 4 is 11.4 Å². The molecule has 0 saturated heterocycles. The van der Waals surface area contributed by atoms with E-state index < -0.39 is 0 Å². The minimum atomic E-state index is 0.726. The van der Waals surface area contributed by atoms with Crippen LogP contribution in [-0.2, 0) is 6.54 Å². The summed E-state index contributed by atoms with van der Waals surface area (Å²) in [4.78, 5) is 0. The predicted octanol–water partition coefficient (Wildman–Crippen LogP) is 6.78. The van der Waals surface area contributed by atoms with Gasteiger partial charge in [0, 0.05) is 0 Å². The standard InChI is InChI=1S/C27H24N2/c1-22(24-17-19-26(20-18-24)25-13-7-3-8-14-25)28-29(27-15-9-4-10-16-27)21-23-11-5-2-6-12-23/h2-20H,21H2,1H3/b28-22-. The van der Waals surface area contributed by atoms with Crippen molar-refractivity contribution in [2.24, 2.45) is 5.10 Å². The molecule has 0 atom stereocenters. The Balaban J connectivity index is 1.61. The van der Waals surface area contributed by atoms with Crippen molar-refractivity contribution in [1.29, 1.82) is 0 Å². The van der Waals surface area contributed by atoms with Gasteiger partial charge >= 0.3 is 0 Å². The van der Waals surface area contributed by atoms with Crippen LogP contribution in [0.5, 0.6) is 0 Å².